The molecular weight excluding hydrogens is 224 g/mol. The van der Waals surface area contributed by atoms with Gasteiger partial charge >= 0.3 is 5.97 Å². The smallest absolute Gasteiger partial charge is 0.335 e. The summed E-state index contributed by atoms with van der Waals surface area (Å²) in [5, 5.41) is 20.6. The second-order valence-electron chi connectivity index (χ2n) is 3.66. The molecule has 0 aliphatic carbocycles. The number of β-amino-alcohol motifs (C(OH)–C–C–N with tert-alkyl or cyclic N) is 1. The van der Waals surface area contributed by atoms with Crippen molar-refractivity contribution < 1.29 is 19.8 Å². The van der Waals surface area contributed by atoms with E-state index in [1.807, 2.05) is 0 Å². The van der Waals surface area contributed by atoms with Gasteiger partial charge in [-0.25, -0.2) is 4.79 Å². The van der Waals surface area contributed by atoms with Crippen LogP contribution in [0.15, 0.2) is 18.2 Å². The first-order valence-corrected chi connectivity index (χ1v) is 5.16. The van der Waals surface area contributed by atoms with E-state index < -0.39 is 5.97 Å². The third-order valence-electron chi connectivity index (χ3n) is 2.59. The highest BCUT2D eigenvalue weighted by molar-refractivity contribution is 6.04. The average molecular weight is 236 g/mol. The lowest BCUT2D eigenvalue weighted by molar-refractivity contribution is -0.117. The minimum absolute atomic E-state index is 0.107. The molecule has 0 spiro atoms. The highest BCUT2D eigenvalue weighted by Gasteiger charge is 2.23. The van der Waals surface area contributed by atoms with Gasteiger partial charge in [-0.2, -0.15) is 0 Å². The summed E-state index contributed by atoms with van der Waals surface area (Å²) in [7, 11) is 0. The van der Waals surface area contributed by atoms with Crippen LogP contribution >= 0.6 is 0 Å². The van der Waals surface area contributed by atoms with Gasteiger partial charge in [-0.3, -0.25) is 4.79 Å². The number of aliphatic hydroxyl groups is 1. The fourth-order valence-corrected chi connectivity index (χ4v) is 1.79. The number of carbonyl (C=O) groups excluding carboxylic acids is 1. The number of carbonyl (C=O) groups is 2. The number of nitrogens with zero attached hydrogens (tertiary/aromatic N) is 1. The zero-order valence-electron chi connectivity index (χ0n) is 9.01. The number of benzene rings is 1. The summed E-state index contributed by atoms with van der Waals surface area (Å²) in [6, 6.07) is 4.48. The molecule has 0 bridgehead atoms. The van der Waals surface area contributed by atoms with Gasteiger partial charge in [-0.05, 0) is 18.2 Å². The second-order valence-corrected chi connectivity index (χ2v) is 3.66. The van der Waals surface area contributed by atoms with E-state index in [0.717, 1.165) is 0 Å². The molecule has 1 aromatic rings. The number of fused-ring (bicyclic) bond motifs is 1. The van der Waals surface area contributed by atoms with Crippen LogP contribution in [0.5, 0.6) is 0 Å². The quantitative estimate of drug-likeness (QED) is 0.694. The third-order valence-corrected chi connectivity index (χ3v) is 2.59. The van der Waals surface area contributed by atoms with Crippen molar-refractivity contribution in [1.29, 1.82) is 0 Å². The first-order valence-electron chi connectivity index (χ1n) is 5.16. The number of amides is 1. The topological polar surface area (TPSA) is 89.9 Å². The van der Waals surface area contributed by atoms with Crippen LogP contribution in [0.4, 0.5) is 11.4 Å². The molecule has 1 amide bonds. The summed E-state index contributed by atoms with van der Waals surface area (Å²) < 4.78 is 0. The number of carboxylic acid groups (broad SMARTS) is 1. The van der Waals surface area contributed by atoms with Crippen LogP contribution in [0.3, 0.4) is 0 Å². The Labute approximate surface area is 97.5 Å². The SMILES string of the molecule is O=C(O)c1ccc2c(c1)NCC(=O)N2CCO. The number of hydrogen-bond donors (Lipinski definition) is 3. The summed E-state index contributed by atoms with van der Waals surface area (Å²) in [4.78, 5) is 23.9. The molecule has 3 N–H and O–H groups in total. The van der Waals surface area contributed by atoms with Crippen LogP contribution < -0.4 is 10.2 Å². The van der Waals surface area contributed by atoms with E-state index in [1.165, 1.54) is 17.0 Å². The lowest BCUT2D eigenvalue weighted by atomic mass is 10.1. The number of carboxylic acids is 1. The highest BCUT2D eigenvalue weighted by atomic mass is 16.4. The molecular formula is C11H12N2O4. The lowest BCUT2D eigenvalue weighted by Gasteiger charge is -2.29. The summed E-state index contributed by atoms with van der Waals surface area (Å²) >= 11 is 0. The van der Waals surface area contributed by atoms with Crippen molar-refractivity contribution in [2.24, 2.45) is 0 Å². The molecule has 90 valence electrons. The maximum absolute atomic E-state index is 11.6. The molecule has 6 nitrogen and oxygen atoms in total. The molecule has 17 heavy (non-hydrogen) atoms. The number of anilines is 2. The van der Waals surface area contributed by atoms with Gasteiger partial charge in [0.2, 0.25) is 5.91 Å². The van der Waals surface area contributed by atoms with Crippen LogP contribution in [0.2, 0.25) is 0 Å². The molecule has 1 aromatic carbocycles. The summed E-state index contributed by atoms with van der Waals surface area (Å²) in [6.07, 6.45) is 0. The van der Waals surface area contributed by atoms with E-state index in [0.29, 0.717) is 11.4 Å². The minimum Gasteiger partial charge on any atom is -0.478 e. The molecule has 1 heterocycles. The van der Waals surface area contributed by atoms with Crippen molar-refractivity contribution in [1.82, 2.24) is 0 Å². The Kier molecular flexibility index (Phi) is 2.97. The Hall–Kier alpha value is -2.08. The molecule has 1 aliphatic rings. The summed E-state index contributed by atoms with van der Waals surface area (Å²) in [6.45, 7) is 0.182. The molecule has 0 saturated heterocycles. The Balaban J connectivity index is 2.40. The minimum atomic E-state index is -1.01. The van der Waals surface area contributed by atoms with Gasteiger partial charge in [0.25, 0.3) is 0 Å². The Morgan fingerprint density at radius 2 is 2.24 bits per heavy atom. The van der Waals surface area contributed by atoms with Crippen LogP contribution in [-0.4, -0.2) is 41.8 Å². The van der Waals surface area contributed by atoms with Crippen molar-refractivity contribution in [2.75, 3.05) is 29.9 Å². The molecule has 0 fully saturated rings. The lowest BCUT2D eigenvalue weighted by Crippen LogP contribution is -2.41. The van der Waals surface area contributed by atoms with E-state index in [-0.39, 0.29) is 31.2 Å². The third kappa shape index (κ3) is 2.07. The van der Waals surface area contributed by atoms with Gasteiger partial charge in [0.1, 0.15) is 0 Å². The molecule has 6 heteroatoms. The number of hydrogen-bond acceptors (Lipinski definition) is 4. The van der Waals surface area contributed by atoms with Crippen molar-refractivity contribution in [3.8, 4) is 0 Å². The van der Waals surface area contributed by atoms with Crippen molar-refractivity contribution in [2.45, 2.75) is 0 Å². The summed E-state index contributed by atoms with van der Waals surface area (Å²) in [5.41, 5.74) is 1.35. The number of aliphatic hydroxyl groups excluding tert-OH is 1. The normalized spacial score (nSPS) is 14.2. The summed E-state index contributed by atoms with van der Waals surface area (Å²) in [5.74, 6) is -1.16. The van der Waals surface area contributed by atoms with Gasteiger partial charge in [0.15, 0.2) is 0 Å². The van der Waals surface area contributed by atoms with Crippen molar-refractivity contribution in [3.05, 3.63) is 23.8 Å². The van der Waals surface area contributed by atoms with Crippen molar-refractivity contribution >= 4 is 23.3 Å². The molecule has 0 atom stereocenters. The first kappa shape index (κ1) is 11.4. The van der Waals surface area contributed by atoms with Gasteiger partial charge in [-0.15, -0.1) is 0 Å². The zero-order valence-corrected chi connectivity index (χ0v) is 9.01. The highest BCUT2D eigenvalue weighted by Crippen LogP contribution is 2.30. The zero-order chi connectivity index (χ0) is 12.4. The maximum Gasteiger partial charge on any atom is 0.335 e. The molecule has 2 rings (SSSR count). The van der Waals surface area contributed by atoms with Gasteiger partial charge in [0, 0.05) is 6.54 Å². The van der Waals surface area contributed by atoms with Gasteiger partial charge in [0.05, 0.1) is 30.1 Å². The fourth-order valence-electron chi connectivity index (χ4n) is 1.79. The average Bonchev–Trinajstić information content (AvgIpc) is 2.32. The standard InChI is InChI=1S/C11H12N2O4/c14-4-3-13-9-2-1-7(11(16)17)5-8(9)12-6-10(13)15/h1-2,5,12,14H,3-4,6H2,(H,16,17). The number of rotatable bonds is 3. The van der Waals surface area contributed by atoms with E-state index in [2.05, 4.69) is 5.32 Å². The predicted octanol–water partition coefficient (Wildman–Crippen LogP) is 0.136. The Morgan fingerprint density at radius 1 is 1.47 bits per heavy atom. The fraction of sp³-hybridized carbons (Fsp3) is 0.273. The van der Waals surface area contributed by atoms with Gasteiger partial charge in [-0.1, -0.05) is 0 Å². The Bertz CT molecular complexity index is 473. The molecule has 0 aromatic heterocycles. The van der Waals surface area contributed by atoms with Crippen molar-refractivity contribution in [3.63, 3.8) is 0 Å². The maximum atomic E-state index is 11.6. The largest absolute Gasteiger partial charge is 0.478 e. The number of nitrogens with one attached hydrogen (secondary N) is 1. The van der Waals surface area contributed by atoms with E-state index >= 15 is 0 Å². The van der Waals surface area contributed by atoms with Crippen LogP contribution in [0.25, 0.3) is 0 Å². The van der Waals surface area contributed by atoms with E-state index in [1.54, 1.807) is 6.07 Å². The van der Waals surface area contributed by atoms with Crippen LogP contribution in [-0.2, 0) is 4.79 Å². The molecule has 0 saturated carbocycles. The van der Waals surface area contributed by atoms with E-state index in [4.69, 9.17) is 10.2 Å². The first-order chi connectivity index (χ1) is 8.13. The van der Waals surface area contributed by atoms with Gasteiger partial charge < -0.3 is 20.4 Å². The molecule has 0 unspecified atom stereocenters. The van der Waals surface area contributed by atoms with E-state index in [9.17, 15) is 9.59 Å². The monoisotopic (exact) mass is 236 g/mol. The molecule has 0 radical (unpaired) electrons. The number of aromatic carboxylic acids is 1. The van der Waals surface area contributed by atoms with Crippen LogP contribution in [0, 0.1) is 0 Å². The Morgan fingerprint density at radius 3 is 2.88 bits per heavy atom. The molecule has 1 aliphatic heterocycles. The second kappa shape index (κ2) is 4.42. The predicted molar refractivity (Wildman–Crippen MR) is 61.3 cm³/mol. The van der Waals surface area contributed by atoms with Crippen LogP contribution in [0.1, 0.15) is 10.4 Å².